The van der Waals surface area contributed by atoms with Gasteiger partial charge in [-0.2, -0.15) is 0 Å². The molecule has 88 valence electrons. The summed E-state index contributed by atoms with van der Waals surface area (Å²) in [7, 11) is 1.23. The van der Waals surface area contributed by atoms with Gasteiger partial charge < -0.3 is 9.84 Å². The molecule has 0 aliphatic carbocycles. The van der Waals surface area contributed by atoms with Gasteiger partial charge in [0.2, 0.25) is 0 Å². The van der Waals surface area contributed by atoms with Gasteiger partial charge in [0, 0.05) is 5.56 Å². The van der Waals surface area contributed by atoms with Crippen molar-refractivity contribution < 1.29 is 23.8 Å². The third-order valence-corrected chi connectivity index (χ3v) is 1.91. The SMILES string of the molecule is COC(=O)CC#Cc1cc(F)c(O)c(C=O)c1. The number of carbonyl (C=O) groups is 2. The third kappa shape index (κ3) is 3.31. The normalized spacial score (nSPS) is 9.06. The van der Waals surface area contributed by atoms with Crippen LogP contribution in [0.5, 0.6) is 5.75 Å². The number of rotatable bonds is 2. The molecule has 1 N–H and O–H groups in total. The molecule has 5 heteroatoms. The summed E-state index contributed by atoms with van der Waals surface area (Å²) in [4.78, 5) is 21.3. The highest BCUT2D eigenvalue weighted by Crippen LogP contribution is 2.21. The molecule has 0 spiro atoms. The van der Waals surface area contributed by atoms with E-state index >= 15 is 0 Å². The molecule has 0 amide bonds. The van der Waals surface area contributed by atoms with Crippen molar-refractivity contribution in [2.45, 2.75) is 6.42 Å². The summed E-state index contributed by atoms with van der Waals surface area (Å²) in [5.74, 6) is 2.80. The minimum atomic E-state index is -0.933. The Labute approximate surface area is 97.0 Å². The first kappa shape index (κ1) is 12.7. The average molecular weight is 236 g/mol. The zero-order valence-electron chi connectivity index (χ0n) is 8.99. The topological polar surface area (TPSA) is 63.6 Å². The van der Waals surface area contributed by atoms with E-state index in [2.05, 4.69) is 16.6 Å². The molecule has 0 saturated heterocycles. The van der Waals surface area contributed by atoms with Crippen LogP contribution in [0.1, 0.15) is 22.3 Å². The maximum atomic E-state index is 13.1. The molecule has 4 nitrogen and oxygen atoms in total. The van der Waals surface area contributed by atoms with Gasteiger partial charge in [-0.1, -0.05) is 11.8 Å². The van der Waals surface area contributed by atoms with Gasteiger partial charge in [-0.25, -0.2) is 4.39 Å². The zero-order chi connectivity index (χ0) is 12.8. The van der Waals surface area contributed by atoms with Crippen molar-refractivity contribution in [1.82, 2.24) is 0 Å². The number of phenolic OH excluding ortho intramolecular Hbond substituents is 1. The van der Waals surface area contributed by atoms with Gasteiger partial charge in [0.15, 0.2) is 17.9 Å². The summed E-state index contributed by atoms with van der Waals surface area (Å²) < 4.78 is 17.5. The first-order chi connectivity index (χ1) is 8.08. The number of phenols is 1. The maximum Gasteiger partial charge on any atom is 0.317 e. The van der Waals surface area contributed by atoms with E-state index in [9.17, 15) is 14.0 Å². The molecule has 0 aromatic heterocycles. The molecule has 0 unspecified atom stereocenters. The number of methoxy groups -OCH3 is 1. The molecule has 0 bridgehead atoms. The standard InChI is InChI=1S/C12H9FO4/c1-17-11(15)4-2-3-8-5-9(7-14)12(16)10(13)6-8/h5-7,16H,4H2,1H3. The molecule has 0 aliphatic rings. The largest absolute Gasteiger partial charge is 0.504 e. The summed E-state index contributed by atoms with van der Waals surface area (Å²) >= 11 is 0. The van der Waals surface area contributed by atoms with E-state index in [1.54, 1.807) is 0 Å². The van der Waals surface area contributed by atoms with Gasteiger partial charge in [0.1, 0.15) is 6.42 Å². The van der Waals surface area contributed by atoms with Crippen LogP contribution in [0.4, 0.5) is 4.39 Å². The minimum absolute atomic E-state index is 0.130. The lowest BCUT2D eigenvalue weighted by Gasteiger charge is -1.99. The number of aromatic hydroxyl groups is 1. The predicted octanol–water partition coefficient (Wildman–Crippen LogP) is 1.26. The Morgan fingerprint density at radius 1 is 1.59 bits per heavy atom. The first-order valence-electron chi connectivity index (χ1n) is 4.62. The molecule has 0 aliphatic heterocycles. The van der Waals surface area contributed by atoms with E-state index in [1.165, 1.54) is 13.2 Å². The lowest BCUT2D eigenvalue weighted by Crippen LogP contribution is -1.97. The highest BCUT2D eigenvalue weighted by atomic mass is 19.1. The summed E-state index contributed by atoms with van der Waals surface area (Å²) in [5.41, 5.74) is 0.0127. The Morgan fingerprint density at radius 3 is 2.88 bits per heavy atom. The van der Waals surface area contributed by atoms with Gasteiger partial charge >= 0.3 is 5.97 Å². The van der Waals surface area contributed by atoms with Crippen molar-refractivity contribution in [3.8, 4) is 17.6 Å². The molecule has 1 rings (SSSR count). The van der Waals surface area contributed by atoms with Crippen LogP contribution in [0.3, 0.4) is 0 Å². The van der Waals surface area contributed by atoms with Crippen LogP contribution >= 0.6 is 0 Å². The molecule has 0 atom stereocenters. The van der Waals surface area contributed by atoms with Crippen LogP contribution in [-0.4, -0.2) is 24.5 Å². The average Bonchev–Trinajstić information content (AvgIpc) is 2.33. The van der Waals surface area contributed by atoms with Crippen molar-refractivity contribution in [2.75, 3.05) is 7.11 Å². The lowest BCUT2D eigenvalue weighted by molar-refractivity contribution is -0.139. The van der Waals surface area contributed by atoms with Gasteiger partial charge in [0.25, 0.3) is 0 Å². The van der Waals surface area contributed by atoms with Crippen LogP contribution in [0.25, 0.3) is 0 Å². The zero-order valence-corrected chi connectivity index (χ0v) is 8.99. The molecule has 0 heterocycles. The van der Waals surface area contributed by atoms with Crippen LogP contribution in [-0.2, 0) is 9.53 Å². The fourth-order valence-electron chi connectivity index (χ4n) is 1.07. The number of ether oxygens (including phenoxy) is 1. The van der Waals surface area contributed by atoms with Crippen LogP contribution in [0, 0.1) is 17.7 Å². The second kappa shape index (κ2) is 5.66. The summed E-state index contributed by atoms with van der Waals surface area (Å²) in [6.45, 7) is 0. The van der Waals surface area contributed by atoms with E-state index in [0.29, 0.717) is 6.29 Å². The first-order valence-corrected chi connectivity index (χ1v) is 4.62. The van der Waals surface area contributed by atoms with Gasteiger partial charge in [-0.05, 0) is 12.1 Å². The molecule has 17 heavy (non-hydrogen) atoms. The Kier molecular flexibility index (Phi) is 4.23. The van der Waals surface area contributed by atoms with Gasteiger partial charge in [-0.15, -0.1) is 0 Å². The smallest absolute Gasteiger partial charge is 0.317 e. The van der Waals surface area contributed by atoms with E-state index in [1.807, 2.05) is 0 Å². The Balaban J connectivity index is 2.96. The summed E-state index contributed by atoms with van der Waals surface area (Å²) in [6, 6.07) is 2.21. The Hall–Kier alpha value is -2.35. The highest BCUT2D eigenvalue weighted by Gasteiger charge is 2.07. The molecule has 1 aromatic carbocycles. The molecule has 0 fully saturated rings. The molecule has 0 saturated carbocycles. The Bertz CT molecular complexity index is 511. The number of benzene rings is 1. The Morgan fingerprint density at radius 2 is 2.29 bits per heavy atom. The van der Waals surface area contributed by atoms with E-state index in [-0.39, 0.29) is 17.5 Å². The van der Waals surface area contributed by atoms with Crippen molar-refractivity contribution in [2.24, 2.45) is 0 Å². The fourth-order valence-corrected chi connectivity index (χ4v) is 1.07. The van der Waals surface area contributed by atoms with Crippen molar-refractivity contribution in [3.05, 3.63) is 29.1 Å². The maximum absolute atomic E-state index is 13.1. The van der Waals surface area contributed by atoms with E-state index in [0.717, 1.165) is 6.07 Å². The van der Waals surface area contributed by atoms with E-state index < -0.39 is 17.5 Å². The van der Waals surface area contributed by atoms with E-state index in [4.69, 9.17) is 5.11 Å². The van der Waals surface area contributed by atoms with Crippen LogP contribution < -0.4 is 0 Å². The number of esters is 1. The number of hydrogen-bond acceptors (Lipinski definition) is 4. The van der Waals surface area contributed by atoms with Gasteiger partial charge in [0.05, 0.1) is 12.7 Å². The number of hydrogen-bond donors (Lipinski definition) is 1. The predicted molar refractivity (Wildman–Crippen MR) is 57.0 cm³/mol. The second-order valence-electron chi connectivity index (χ2n) is 3.07. The summed E-state index contributed by atoms with van der Waals surface area (Å²) in [5, 5.41) is 9.15. The van der Waals surface area contributed by atoms with Crippen molar-refractivity contribution in [3.63, 3.8) is 0 Å². The molecular formula is C12H9FO4. The number of carbonyl (C=O) groups excluding carboxylic acids is 2. The molecule has 0 radical (unpaired) electrons. The van der Waals surface area contributed by atoms with Crippen LogP contribution in [0.15, 0.2) is 12.1 Å². The number of aldehydes is 1. The lowest BCUT2D eigenvalue weighted by atomic mass is 10.1. The number of halogens is 1. The van der Waals surface area contributed by atoms with Gasteiger partial charge in [-0.3, -0.25) is 9.59 Å². The fraction of sp³-hybridized carbons (Fsp3) is 0.167. The molecule has 1 aromatic rings. The monoisotopic (exact) mass is 236 g/mol. The highest BCUT2D eigenvalue weighted by molar-refractivity contribution is 5.80. The quantitative estimate of drug-likeness (QED) is 0.477. The van der Waals surface area contributed by atoms with Crippen molar-refractivity contribution in [1.29, 1.82) is 0 Å². The molecular weight excluding hydrogens is 227 g/mol. The minimum Gasteiger partial charge on any atom is -0.504 e. The summed E-state index contributed by atoms with van der Waals surface area (Å²) in [6.07, 6.45) is 0.194. The van der Waals surface area contributed by atoms with Crippen LogP contribution in [0.2, 0.25) is 0 Å². The van der Waals surface area contributed by atoms with Crippen molar-refractivity contribution >= 4 is 12.3 Å². The second-order valence-corrected chi connectivity index (χ2v) is 3.07. The third-order valence-electron chi connectivity index (χ3n) is 1.91.